The minimum Gasteiger partial charge on any atom is -0.389 e. The van der Waals surface area contributed by atoms with Gasteiger partial charge < -0.3 is 10.6 Å². The van der Waals surface area contributed by atoms with E-state index in [1.165, 1.54) is 6.07 Å². The molecule has 5 heteroatoms. The van der Waals surface area contributed by atoms with Gasteiger partial charge in [0.05, 0.1) is 5.02 Å². The van der Waals surface area contributed by atoms with Crippen LogP contribution >= 0.6 is 23.8 Å². The molecule has 104 valence electrons. The van der Waals surface area contributed by atoms with Crippen LogP contribution in [0.25, 0.3) is 0 Å². The molecule has 2 aromatic carbocycles. The van der Waals surface area contributed by atoms with E-state index in [0.29, 0.717) is 17.1 Å². The molecule has 0 aliphatic carbocycles. The van der Waals surface area contributed by atoms with E-state index in [9.17, 15) is 4.39 Å². The van der Waals surface area contributed by atoms with E-state index in [0.717, 1.165) is 11.3 Å². The summed E-state index contributed by atoms with van der Waals surface area (Å²) in [5.74, 6) is -0.383. The number of hydrogen-bond acceptors (Lipinski definition) is 2. The van der Waals surface area contributed by atoms with Gasteiger partial charge in [-0.1, -0.05) is 48.1 Å². The summed E-state index contributed by atoms with van der Waals surface area (Å²) in [6, 6.07) is 12.5. The first-order valence-electron chi connectivity index (χ1n) is 6.03. The van der Waals surface area contributed by atoms with Crippen LogP contribution < -0.4 is 10.6 Å². The van der Waals surface area contributed by atoms with Crippen molar-refractivity contribution in [3.63, 3.8) is 0 Å². The smallest absolute Gasteiger partial charge is 0.146 e. The van der Waals surface area contributed by atoms with Crippen LogP contribution in [0.4, 0.5) is 10.1 Å². The predicted octanol–water partition coefficient (Wildman–Crippen LogP) is 3.75. The summed E-state index contributed by atoms with van der Waals surface area (Å²) >= 11 is 10.7. The Morgan fingerprint density at radius 1 is 1.30 bits per heavy atom. The van der Waals surface area contributed by atoms with Gasteiger partial charge in [-0.3, -0.25) is 0 Å². The second-order valence-electron chi connectivity index (χ2n) is 4.48. The molecule has 0 amide bonds. The maximum Gasteiger partial charge on any atom is 0.146 e. The molecule has 0 aliphatic heterocycles. The van der Waals surface area contributed by atoms with Gasteiger partial charge in [-0.2, -0.15) is 0 Å². The van der Waals surface area contributed by atoms with E-state index in [2.05, 4.69) is 0 Å². The van der Waals surface area contributed by atoms with E-state index >= 15 is 0 Å². The molecule has 0 aliphatic rings. The lowest BCUT2D eigenvalue weighted by molar-refractivity contribution is 0.608. The van der Waals surface area contributed by atoms with Gasteiger partial charge in [0.2, 0.25) is 0 Å². The van der Waals surface area contributed by atoms with Crippen molar-refractivity contribution in [2.45, 2.75) is 6.54 Å². The van der Waals surface area contributed by atoms with Gasteiger partial charge >= 0.3 is 0 Å². The number of nitrogens with two attached hydrogens (primary N) is 1. The largest absolute Gasteiger partial charge is 0.389 e. The molecule has 2 aromatic rings. The van der Waals surface area contributed by atoms with Crippen molar-refractivity contribution in [2.75, 3.05) is 11.9 Å². The molecule has 0 saturated heterocycles. The van der Waals surface area contributed by atoms with Gasteiger partial charge in [-0.15, -0.1) is 0 Å². The van der Waals surface area contributed by atoms with Crippen molar-refractivity contribution < 1.29 is 4.39 Å². The summed E-state index contributed by atoms with van der Waals surface area (Å²) in [6.07, 6.45) is 0. The lowest BCUT2D eigenvalue weighted by atomic mass is 10.1. The van der Waals surface area contributed by atoms with Crippen LogP contribution in [0, 0.1) is 5.82 Å². The molecule has 0 unspecified atom stereocenters. The Balaban J connectivity index is 2.24. The van der Waals surface area contributed by atoms with Gasteiger partial charge in [-0.05, 0) is 18.2 Å². The highest BCUT2D eigenvalue weighted by Crippen LogP contribution is 2.22. The topological polar surface area (TPSA) is 29.3 Å². The fourth-order valence-electron chi connectivity index (χ4n) is 1.91. The SMILES string of the molecule is CN(Cc1cccc(Cl)c1F)c1cccc(C(N)=S)c1. The average molecular weight is 309 g/mol. The number of thiocarbonyl (C=S) groups is 1. The summed E-state index contributed by atoms with van der Waals surface area (Å²) in [4.78, 5) is 2.26. The molecule has 20 heavy (non-hydrogen) atoms. The molecule has 0 saturated carbocycles. The zero-order valence-corrected chi connectivity index (χ0v) is 12.5. The third-order valence-corrected chi connectivity index (χ3v) is 3.54. The third kappa shape index (κ3) is 3.26. The van der Waals surface area contributed by atoms with Crippen LogP contribution in [0.15, 0.2) is 42.5 Å². The molecule has 2 rings (SSSR count). The maximum atomic E-state index is 13.9. The predicted molar refractivity (Wildman–Crippen MR) is 85.8 cm³/mol. The molecule has 0 fully saturated rings. The standard InChI is InChI=1S/C15H14ClFN2S/c1-19(9-11-5-3-7-13(16)14(11)17)12-6-2-4-10(8-12)15(18)20/h2-8H,9H2,1H3,(H2,18,20). The van der Waals surface area contributed by atoms with Crippen LogP contribution in [-0.2, 0) is 6.54 Å². The van der Waals surface area contributed by atoms with Gasteiger partial charge in [-0.25, -0.2) is 4.39 Å². The first-order chi connectivity index (χ1) is 9.49. The van der Waals surface area contributed by atoms with Crippen molar-refractivity contribution in [3.8, 4) is 0 Å². The highest BCUT2D eigenvalue weighted by molar-refractivity contribution is 7.80. The monoisotopic (exact) mass is 308 g/mol. The highest BCUT2D eigenvalue weighted by atomic mass is 35.5. The first kappa shape index (κ1) is 14.8. The Kier molecular flexibility index (Phi) is 4.57. The zero-order valence-electron chi connectivity index (χ0n) is 10.9. The van der Waals surface area contributed by atoms with Crippen LogP contribution in [0.3, 0.4) is 0 Å². The molecule has 2 N–H and O–H groups in total. The number of rotatable bonds is 4. The third-order valence-electron chi connectivity index (χ3n) is 3.01. The van der Waals surface area contributed by atoms with Gasteiger partial charge in [0.1, 0.15) is 10.8 Å². The van der Waals surface area contributed by atoms with Crippen LogP contribution in [-0.4, -0.2) is 12.0 Å². The molecular formula is C15H14ClFN2S. The molecule has 0 bridgehead atoms. The molecule has 2 nitrogen and oxygen atoms in total. The number of anilines is 1. The van der Waals surface area contributed by atoms with E-state index in [1.54, 1.807) is 12.1 Å². The van der Waals surface area contributed by atoms with Crippen LogP contribution in [0.5, 0.6) is 0 Å². The number of benzene rings is 2. The van der Waals surface area contributed by atoms with Crippen LogP contribution in [0.2, 0.25) is 5.02 Å². The summed E-state index contributed by atoms with van der Waals surface area (Å²) in [6.45, 7) is 0.410. The Morgan fingerprint density at radius 2 is 2.00 bits per heavy atom. The minimum absolute atomic E-state index is 0.132. The second-order valence-corrected chi connectivity index (χ2v) is 5.33. The Bertz CT molecular complexity index is 646. The Morgan fingerprint density at radius 3 is 2.70 bits per heavy atom. The fourth-order valence-corrected chi connectivity index (χ4v) is 2.24. The maximum absolute atomic E-state index is 13.9. The average Bonchev–Trinajstić information content (AvgIpc) is 2.44. The first-order valence-corrected chi connectivity index (χ1v) is 6.81. The molecule has 0 radical (unpaired) electrons. The Labute approximate surface area is 128 Å². The number of halogens is 2. The summed E-state index contributed by atoms with van der Waals surface area (Å²) in [5.41, 5.74) is 7.86. The summed E-state index contributed by atoms with van der Waals surface area (Å²) < 4.78 is 13.9. The normalized spacial score (nSPS) is 10.3. The second kappa shape index (κ2) is 6.20. The molecule has 0 spiro atoms. The van der Waals surface area contributed by atoms with E-state index in [1.807, 2.05) is 36.2 Å². The van der Waals surface area contributed by atoms with E-state index in [4.69, 9.17) is 29.6 Å². The van der Waals surface area contributed by atoms with Crippen molar-refractivity contribution in [2.24, 2.45) is 5.73 Å². The summed E-state index contributed by atoms with van der Waals surface area (Å²) in [5, 5.41) is 0.132. The Hall–Kier alpha value is -1.65. The lowest BCUT2D eigenvalue weighted by Gasteiger charge is -2.20. The quantitative estimate of drug-likeness (QED) is 0.872. The van der Waals surface area contributed by atoms with Crippen molar-refractivity contribution in [1.82, 2.24) is 0 Å². The van der Waals surface area contributed by atoms with Crippen LogP contribution in [0.1, 0.15) is 11.1 Å². The molecule has 0 atom stereocenters. The molecule has 0 aromatic heterocycles. The molecular weight excluding hydrogens is 295 g/mol. The highest BCUT2D eigenvalue weighted by Gasteiger charge is 2.10. The fraction of sp³-hybridized carbons (Fsp3) is 0.133. The summed E-state index contributed by atoms with van der Waals surface area (Å²) in [7, 11) is 1.87. The van der Waals surface area contributed by atoms with Gasteiger partial charge in [0.15, 0.2) is 0 Å². The van der Waals surface area contributed by atoms with Gasteiger partial charge in [0, 0.05) is 30.4 Å². The molecule has 0 heterocycles. The van der Waals surface area contributed by atoms with Gasteiger partial charge in [0.25, 0.3) is 0 Å². The number of hydrogen-bond donors (Lipinski definition) is 1. The van der Waals surface area contributed by atoms with E-state index < -0.39 is 0 Å². The van der Waals surface area contributed by atoms with Crippen molar-refractivity contribution in [1.29, 1.82) is 0 Å². The number of nitrogens with zero attached hydrogens (tertiary/aromatic N) is 1. The van der Waals surface area contributed by atoms with Crippen molar-refractivity contribution >= 4 is 34.5 Å². The minimum atomic E-state index is -0.383. The lowest BCUT2D eigenvalue weighted by Crippen LogP contribution is -2.18. The van der Waals surface area contributed by atoms with Crippen molar-refractivity contribution in [3.05, 3.63) is 64.4 Å². The zero-order chi connectivity index (χ0) is 14.7. The van der Waals surface area contributed by atoms with E-state index in [-0.39, 0.29) is 10.8 Å².